The van der Waals surface area contributed by atoms with Crippen LogP contribution in [0.5, 0.6) is 0 Å². The summed E-state index contributed by atoms with van der Waals surface area (Å²) in [5, 5.41) is 5.21. The minimum Gasteiger partial charge on any atom is -0.453 e. The van der Waals surface area contributed by atoms with Crippen molar-refractivity contribution in [2.45, 2.75) is 83.6 Å². The smallest absolute Gasteiger partial charge is 0.411 e. The Morgan fingerprint density at radius 1 is 1.14 bits per heavy atom. The van der Waals surface area contributed by atoms with E-state index in [9.17, 15) is 14.4 Å². The minimum atomic E-state index is -3.74. The van der Waals surface area contributed by atoms with Crippen molar-refractivity contribution in [1.29, 1.82) is 0 Å². The molecule has 0 radical (unpaired) electrons. The zero-order valence-corrected chi connectivity index (χ0v) is 26.2. The molecule has 0 aliphatic carbocycles. The third-order valence-electron chi connectivity index (χ3n) is 6.25. The number of carbonyl (C=O) groups excluding carboxylic acids is 3. The number of alkyl carbamates (subject to hydrolysis) is 1. The van der Waals surface area contributed by atoms with Crippen LogP contribution in [0.4, 0.5) is 24.1 Å². The summed E-state index contributed by atoms with van der Waals surface area (Å²) in [6.07, 6.45) is 2.04. The number of alkyl halides is 2. The number of Topliss-reactive ketones (excluding diaryl/α,β-unsaturated/α-hetero) is 1. The van der Waals surface area contributed by atoms with E-state index in [0.29, 0.717) is 12.4 Å². The number of aromatic nitrogens is 2. The predicted octanol–water partition coefficient (Wildman–Crippen LogP) is 6.77. The third-order valence-corrected chi connectivity index (χ3v) is 7.96. The van der Waals surface area contributed by atoms with E-state index in [1.54, 1.807) is 31.5 Å². The van der Waals surface area contributed by atoms with Gasteiger partial charge >= 0.3 is 18.1 Å². The molecular weight excluding hydrogens is 566 g/mol. The normalized spacial score (nSPS) is 17.0. The van der Waals surface area contributed by atoms with Gasteiger partial charge in [0.05, 0.1) is 18.8 Å². The van der Waals surface area contributed by atoms with E-state index >= 15 is 8.78 Å². The summed E-state index contributed by atoms with van der Waals surface area (Å²) in [6, 6.07) is 4.26. The van der Waals surface area contributed by atoms with Gasteiger partial charge in [-0.1, -0.05) is 31.8 Å². The summed E-state index contributed by atoms with van der Waals surface area (Å²) in [7, 11) is -0.204. The maximum atomic E-state index is 15.2. The molecule has 1 atom stereocenters. The number of allylic oxidation sites excluding steroid dienone is 1. The van der Waals surface area contributed by atoms with E-state index in [1.807, 2.05) is 0 Å². The minimum absolute atomic E-state index is 0.0877. The standard InChI is InChI=1S/C29H40F2N4O6Si/c1-28(2,3)41-27(38)34-22-10-8-9-13-29(30,31)24(36)21-16-19(32-26(37)39-4)11-12-20(21)23-17-35(25(22)33-23)18-40-14-15-42(5,6)7/h8-9,11-12,16-17,22H,10,13-15,18H2,1-7H3,(H,32,37)(H,34,38). The summed E-state index contributed by atoms with van der Waals surface area (Å²) >= 11 is 0. The molecule has 10 nitrogen and oxygen atoms in total. The molecule has 13 heteroatoms. The van der Waals surface area contributed by atoms with Gasteiger partial charge < -0.3 is 24.1 Å². The number of hydrogen-bond donors (Lipinski definition) is 2. The van der Waals surface area contributed by atoms with Crippen LogP contribution in [0.25, 0.3) is 11.3 Å². The molecule has 0 saturated carbocycles. The second kappa shape index (κ2) is 13.2. The average Bonchev–Trinajstić information content (AvgIpc) is 3.29. The Bertz CT molecular complexity index is 1330. The number of hydrogen-bond acceptors (Lipinski definition) is 7. The number of nitrogens with zero attached hydrogens (tertiary/aromatic N) is 2. The zero-order valence-electron chi connectivity index (χ0n) is 25.2. The van der Waals surface area contributed by atoms with Gasteiger partial charge in [0.25, 0.3) is 0 Å². The first kappa shape index (κ1) is 32.9. The number of benzene rings is 1. The topological polar surface area (TPSA) is 121 Å². The number of amides is 2. The van der Waals surface area contributed by atoms with Crippen molar-refractivity contribution in [3.63, 3.8) is 0 Å². The Kier molecular flexibility index (Phi) is 10.3. The van der Waals surface area contributed by atoms with Crippen LogP contribution in [0.2, 0.25) is 25.7 Å². The quantitative estimate of drug-likeness (QED) is 0.203. The van der Waals surface area contributed by atoms with Crippen LogP contribution in [0.3, 0.4) is 0 Å². The number of ketones is 1. The highest BCUT2D eigenvalue weighted by Crippen LogP contribution is 2.34. The molecule has 2 bridgehead atoms. The molecule has 230 valence electrons. The molecule has 2 aromatic rings. The monoisotopic (exact) mass is 606 g/mol. The number of rotatable bonds is 7. The molecule has 2 amide bonds. The van der Waals surface area contributed by atoms with Gasteiger partial charge in [0.1, 0.15) is 18.2 Å². The molecule has 1 aliphatic heterocycles. The van der Waals surface area contributed by atoms with Crippen LogP contribution in [-0.2, 0) is 20.9 Å². The molecule has 3 rings (SSSR count). The number of fused-ring (bicyclic) bond motifs is 4. The van der Waals surface area contributed by atoms with Gasteiger partial charge in [0, 0.05) is 44.1 Å². The van der Waals surface area contributed by atoms with Crippen LogP contribution >= 0.6 is 0 Å². The maximum Gasteiger partial charge on any atom is 0.411 e. The molecule has 42 heavy (non-hydrogen) atoms. The van der Waals surface area contributed by atoms with Crippen LogP contribution in [0, 0.1) is 0 Å². The largest absolute Gasteiger partial charge is 0.453 e. The molecule has 0 fully saturated rings. The molecular formula is C29H40F2N4O6Si. The fourth-order valence-electron chi connectivity index (χ4n) is 4.12. The number of ether oxygens (including phenoxy) is 3. The Morgan fingerprint density at radius 3 is 2.50 bits per heavy atom. The Balaban J connectivity index is 2.13. The Hall–Kier alpha value is -3.58. The van der Waals surface area contributed by atoms with E-state index < -0.39 is 50.0 Å². The van der Waals surface area contributed by atoms with Crippen molar-refractivity contribution in [1.82, 2.24) is 14.9 Å². The van der Waals surface area contributed by atoms with E-state index in [-0.39, 0.29) is 35.7 Å². The van der Waals surface area contributed by atoms with Crippen molar-refractivity contribution in [2.24, 2.45) is 0 Å². The average molecular weight is 607 g/mol. The second-order valence-electron chi connectivity index (χ2n) is 12.3. The molecule has 1 aliphatic rings. The van der Waals surface area contributed by atoms with Gasteiger partial charge in [-0.25, -0.2) is 14.6 Å². The summed E-state index contributed by atoms with van der Waals surface area (Å²) in [4.78, 5) is 42.4. The first-order valence-electron chi connectivity index (χ1n) is 13.7. The molecule has 0 spiro atoms. The van der Waals surface area contributed by atoms with Crippen LogP contribution in [0.1, 0.15) is 55.8 Å². The number of nitrogens with one attached hydrogen (secondary N) is 2. The van der Waals surface area contributed by atoms with Crippen LogP contribution < -0.4 is 10.6 Å². The van der Waals surface area contributed by atoms with Gasteiger partial charge in [-0.2, -0.15) is 8.78 Å². The lowest BCUT2D eigenvalue weighted by Gasteiger charge is -2.24. The highest BCUT2D eigenvalue weighted by molar-refractivity contribution is 6.76. The third kappa shape index (κ3) is 9.21. The molecule has 0 saturated heterocycles. The molecule has 1 unspecified atom stereocenters. The summed E-state index contributed by atoms with van der Waals surface area (Å²) in [6.45, 7) is 12.5. The highest BCUT2D eigenvalue weighted by atomic mass is 28.3. The molecule has 1 aromatic heterocycles. The van der Waals surface area contributed by atoms with Gasteiger partial charge in [0.15, 0.2) is 0 Å². The maximum absolute atomic E-state index is 15.2. The van der Waals surface area contributed by atoms with Crippen LogP contribution in [-0.4, -0.2) is 60.8 Å². The lowest BCUT2D eigenvalue weighted by Crippen LogP contribution is -2.36. The van der Waals surface area contributed by atoms with Crippen molar-refractivity contribution in [3.8, 4) is 11.3 Å². The van der Waals surface area contributed by atoms with Gasteiger partial charge in [-0.15, -0.1) is 0 Å². The number of carbonyl (C=O) groups is 3. The van der Waals surface area contributed by atoms with Gasteiger partial charge in [-0.05, 0) is 51.4 Å². The molecule has 2 heterocycles. The van der Waals surface area contributed by atoms with E-state index in [0.717, 1.165) is 13.2 Å². The number of halogens is 2. The molecule has 2 N–H and O–H groups in total. The van der Waals surface area contributed by atoms with Crippen molar-refractivity contribution >= 4 is 31.7 Å². The van der Waals surface area contributed by atoms with E-state index in [4.69, 9.17) is 14.5 Å². The van der Waals surface area contributed by atoms with Crippen molar-refractivity contribution in [2.75, 3.05) is 19.0 Å². The fourth-order valence-corrected chi connectivity index (χ4v) is 4.87. The SMILES string of the molecule is COC(=O)Nc1ccc2c(c1)C(=O)C(F)(F)CC=CCC(NC(=O)OC(C)(C)C)c1nc-2cn1COCC[Si](C)(C)C. The summed E-state index contributed by atoms with van der Waals surface area (Å²) in [5.74, 6) is -4.76. The van der Waals surface area contributed by atoms with E-state index in [2.05, 4.69) is 35.0 Å². The first-order valence-corrected chi connectivity index (χ1v) is 17.4. The number of methoxy groups -OCH3 is 1. The number of imidazole rings is 1. The molecule has 1 aromatic carbocycles. The van der Waals surface area contributed by atoms with Crippen LogP contribution in [0.15, 0.2) is 36.5 Å². The fraction of sp³-hybridized carbons (Fsp3) is 0.517. The number of anilines is 1. The highest BCUT2D eigenvalue weighted by Gasteiger charge is 2.40. The summed E-state index contributed by atoms with van der Waals surface area (Å²) in [5.41, 5.74) is -0.620. The Labute approximate surface area is 245 Å². The van der Waals surface area contributed by atoms with Gasteiger partial charge in [-0.3, -0.25) is 10.1 Å². The zero-order chi connectivity index (χ0) is 31.3. The Morgan fingerprint density at radius 2 is 1.86 bits per heavy atom. The second-order valence-corrected chi connectivity index (χ2v) is 17.9. The lowest BCUT2D eigenvalue weighted by molar-refractivity contribution is 0.0123. The first-order chi connectivity index (χ1) is 19.5. The van der Waals surface area contributed by atoms with Crippen molar-refractivity contribution < 1.29 is 37.4 Å². The van der Waals surface area contributed by atoms with Crippen molar-refractivity contribution in [3.05, 3.63) is 47.9 Å². The lowest BCUT2D eigenvalue weighted by atomic mass is 9.95. The van der Waals surface area contributed by atoms with Gasteiger partial charge in [0.2, 0.25) is 5.78 Å². The van der Waals surface area contributed by atoms with E-state index in [1.165, 1.54) is 30.4 Å². The summed E-state index contributed by atoms with van der Waals surface area (Å²) < 4.78 is 48.0. The predicted molar refractivity (Wildman–Crippen MR) is 158 cm³/mol.